The zero-order valence-electron chi connectivity index (χ0n) is 27.2. The van der Waals surface area contributed by atoms with Gasteiger partial charge in [-0.15, -0.1) is 0 Å². The van der Waals surface area contributed by atoms with Gasteiger partial charge in [0, 0.05) is 18.7 Å². The van der Waals surface area contributed by atoms with E-state index in [-0.39, 0.29) is 11.5 Å². The lowest BCUT2D eigenvalue weighted by Gasteiger charge is -2.30. The third-order valence-electron chi connectivity index (χ3n) is 8.46. The predicted octanol–water partition coefficient (Wildman–Crippen LogP) is 5.85. The summed E-state index contributed by atoms with van der Waals surface area (Å²) in [5.41, 5.74) is 3.31. The summed E-state index contributed by atoms with van der Waals surface area (Å²) >= 11 is 1.29. The van der Waals surface area contributed by atoms with Crippen molar-refractivity contribution >= 4 is 34.1 Å². The van der Waals surface area contributed by atoms with Crippen molar-refractivity contribution in [2.75, 3.05) is 27.3 Å². The molecule has 1 atom stereocenters. The third-order valence-corrected chi connectivity index (χ3v) is 9.45. The lowest BCUT2D eigenvalue weighted by Crippen LogP contribution is -2.43. The van der Waals surface area contributed by atoms with Gasteiger partial charge in [0.05, 0.1) is 30.0 Å². The van der Waals surface area contributed by atoms with Gasteiger partial charge >= 0.3 is 0 Å². The lowest BCUT2D eigenvalue weighted by atomic mass is 9.93. The number of carbonyl (C=O) groups excluding carboxylic acids is 1. The van der Waals surface area contributed by atoms with E-state index in [2.05, 4.69) is 24.3 Å². The van der Waals surface area contributed by atoms with Gasteiger partial charge in [-0.2, -0.15) is 0 Å². The van der Waals surface area contributed by atoms with E-state index in [0.717, 1.165) is 16.5 Å². The molecule has 8 nitrogen and oxygen atoms in total. The van der Waals surface area contributed by atoms with Crippen molar-refractivity contribution in [3.05, 3.63) is 133 Å². The summed E-state index contributed by atoms with van der Waals surface area (Å²) in [6.07, 6.45) is 1.85. The monoisotopic (exact) mass is 647 g/mol. The van der Waals surface area contributed by atoms with Crippen molar-refractivity contribution in [3.63, 3.8) is 0 Å². The van der Waals surface area contributed by atoms with Crippen LogP contribution in [-0.4, -0.2) is 42.7 Å². The number of ether oxygens (including phenoxy) is 3. The van der Waals surface area contributed by atoms with Crippen LogP contribution < -0.4 is 29.1 Å². The Morgan fingerprint density at radius 1 is 0.936 bits per heavy atom. The number of methoxy groups -OCH3 is 2. The van der Waals surface area contributed by atoms with Gasteiger partial charge in [-0.1, -0.05) is 65.9 Å². The number of hydrogen-bond donors (Lipinski definition) is 0. The second-order valence-corrected chi connectivity index (χ2v) is 12.2. The molecule has 1 aromatic heterocycles. The highest BCUT2D eigenvalue weighted by Crippen LogP contribution is 2.38. The molecule has 9 heteroatoms. The number of fused-ring (bicyclic) bond motifs is 2. The van der Waals surface area contributed by atoms with Crippen molar-refractivity contribution < 1.29 is 19.0 Å². The number of amides is 1. The quantitative estimate of drug-likeness (QED) is 0.190. The summed E-state index contributed by atoms with van der Waals surface area (Å²) in [7, 11) is 3.16. The van der Waals surface area contributed by atoms with Crippen LogP contribution >= 0.6 is 11.3 Å². The van der Waals surface area contributed by atoms with Crippen LogP contribution in [0.1, 0.15) is 43.5 Å². The molecule has 0 bridgehead atoms. The molecular weight excluding hydrogens is 611 g/mol. The average Bonchev–Trinajstić information content (AvgIpc) is 3.40. The minimum atomic E-state index is -0.762. The number of allylic oxidation sites excluding steroid dienone is 1. The Bertz CT molecular complexity index is 2170. The Morgan fingerprint density at radius 2 is 1.70 bits per heavy atom. The largest absolute Gasteiger partial charge is 0.497 e. The second kappa shape index (κ2) is 13.7. The predicted molar refractivity (Wildman–Crippen MR) is 186 cm³/mol. The van der Waals surface area contributed by atoms with Gasteiger partial charge in [0.1, 0.15) is 29.9 Å². The second-order valence-electron chi connectivity index (χ2n) is 11.2. The normalized spacial score (nSPS) is 14.5. The average molecular weight is 648 g/mol. The van der Waals surface area contributed by atoms with E-state index in [1.54, 1.807) is 35.8 Å². The number of aromatic nitrogens is 1. The first-order valence-electron chi connectivity index (χ1n) is 15.6. The van der Waals surface area contributed by atoms with Gasteiger partial charge in [-0.3, -0.25) is 14.2 Å². The van der Waals surface area contributed by atoms with Crippen molar-refractivity contribution in [1.82, 2.24) is 9.47 Å². The minimum Gasteiger partial charge on any atom is -0.497 e. The number of likely N-dealkylation sites (N-methyl/N-ethyl adjacent to an activating group) is 1. The Hall–Kier alpha value is -5.15. The summed E-state index contributed by atoms with van der Waals surface area (Å²) in [6, 6.07) is 26.8. The third kappa shape index (κ3) is 6.18. The number of rotatable bonds is 10. The van der Waals surface area contributed by atoms with Crippen molar-refractivity contribution in [2.45, 2.75) is 33.4 Å². The van der Waals surface area contributed by atoms with Crippen molar-refractivity contribution in [2.24, 2.45) is 4.99 Å². The summed E-state index contributed by atoms with van der Waals surface area (Å²) < 4.78 is 19.6. The Labute approximate surface area is 277 Å². The summed E-state index contributed by atoms with van der Waals surface area (Å²) in [4.78, 5) is 35.3. The molecule has 0 aliphatic carbocycles. The van der Waals surface area contributed by atoms with E-state index in [1.807, 2.05) is 75.4 Å². The lowest BCUT2D eigenvalue weighted by molar-refractivity contribution is -0.127. The molecule has 1 amide bonds. The molecular formula is C38H37N3O5S. The van der Waals surface area contributed by atoms with Gasteiger partial charge in [0.25, 0.3) is 11.5 Å². The molecule has 240 valence electrons. The number of hydrogen-bond acceptors (Lipinski definition) is 7. The summed E-state index contributed by atoms with van der Waals surface area (Å²) in [5.74, 6) is 1.66. The number of thiazole rings is 1. The molecule has 0 radical (unpaired) electrons. The zero-order chi connectivity index (χ0) is 33.1. The summed E-state index contributed by atoms with van der Waals surface area (Å²) in [6.45, 7) is 7.16. The van der Waals surface area contributed by atoms with Gasteiger partial charge in [0.15, 0.2) is 4.80 Å². The fraction of sp³-hybridized carbons (Fsp3) is 0.237. The van der Waals surface area contributed by atoms with E-state index in [4.69, 9.17) is 19.2 Å². The maximum atomic E-state index is 14.3. The molecule has 1 aliphatic heterocycles. The van der Waals surface area contributed by atoms with Gasteiger partial charge in [-0.05, 0) is 79.1 Å². The van der Waals surface area contributed by atoms with Crippen LogP contribution in [-0.2, 0) is 11.4 Å². The van der Waals surface area contributed by atoms with Crippen LogP contribution in [0, 0.1) is 0 Å². The van der Waals surface area contributed by atoms with Crippen LogP contribution in [0.15, 0.2) is 106 Å². The van der Waals surface area contributed by atoms with Crippen LogP contribution in [0.25, 0.3) is 16.8 Å². The molecule has 0 spiro atoms. The van der Waals surface area contributed by atoms with Crippen LogP contribution in [0.3, 0.4) is 0 Å². The van der Waals surface area contributed by atoms with Crippen molar-refractivity contribution in [3.8, 4) is 17.2 Å². The molecule has 0 saturated heterocycles. The molecule has 5 aromatic rings. The van der Waals surface area contributed by atoms with E-state index < -0.39 is 6.04 Å². The zero-order valence-corrected chi connectivity index (χ0v) is 28.0. The molecule has 4 aromatic carbocycles. The first kappa shape index (κ1) is 31.8. The smallest absolute Gasteiger partial charge is 0.271 e. The van der Waals surface area contributed by atoms with Gasteiger partial charge in [-0.25, -0.2) is 4.99 Å². The van der Waals surface area contributed by atoms with E-state index in [1.165, 1.54) is 16.7 Å². The van der Waals surface area contributed by atoms with Gasteiger partial charge < -0.3 is 19.1 Å². The van der Waals surface area contributed by atoms with Crippen molar-refractivity contribution in [1.29, 1.82) is 0 Å². The fourth-order valence-corrected chi connectivity index (χ4v) is 7.10. The van der Waals surface area contributed by atoms with E-state index in [0.29, 0.717) is 63.1 Å². The number of nitrogens with zero attached hydrogens (tertiary/aromatic N) is 3. The highest BCUT2D eigenvalue weighted by molar-refractivity contribution is 7.07. The first-order valence-corrected chi connectivity index (χ1v) is 16.4. The van der Waals surface area contributed by atoms with Gasteiger partial charge in [0.2, 0.25) is 0 Å². The maximum Gasteiger partial charge on any atom is 0.271 e. The Balaban J connectivity index is 1.42. The maximum absolute atomic E-state index is 14.3. The SMILES string of the molecule is CCN(CC)C(=O)C1=C(C)N=c2s/c(=C/c3cccc(OCc4cccc5ccccc45)c3)c(=O)n2[C@@H]1c1cc(OC)ccc1OC. The molecule has 0 unspecified atom stereocenters. The minimum absolute atomic E-state index is 0.170. The molecule has 1 aliphatic rings. The molecule has 6 rings (SSSR count). The molecule has 47 heavy (non-hydrogen) atoms. The molecule has 0 N–H and O–H groups in total. The molecule has 2 heterocycles. The molecule has 0 fully saturated rings. The topological polar surface area (TPSA) is 82.4 Å². The molecule has 0 saturated carbocycles. The van der Waals surface area contributed by atoms with E-state index in [9.17, 15) is 9.59 Å². The van der Waals surface area contributed by atoms with Crippen LogP contribution in [0.5, 0.6) is 17.2 Å². The summed E-state index contributed by atoms with van der Waals surface area (Å²) in [5, 5.41) is 2.32. The Kier molecular flexibility index (Phi) is 9.26. The van der Waals surface area contributed by atoms with Crippen LogP contribution in [0.2, 0.25) is 0 Å². The Morgan fingerprint density at radius 3 is 2.47 bits per heavy atom. The van der Waals surface area contributed by atoms with Crippen LogP contribution in [0.4, 0.5) is 0 Å². The highest BCUT2D eigenvalue weighted by Gasteiger charge is 2.36. The van der Waals surface area contributed by atoms with E-state index >= 15 is 0 Å². The standard InChI is InChI=1S/C38H37N3O5S/c1-6-40(7-2)37(43)34-24(3)39-38-41(35(34)31-22-28(44-4)18-19-32(31)45-5)36(42)33(47-38)21-25-12-10-16-29(20-25)46-23-27-15-11-14-26-13-8-9-17-30(26)27/h8-22,35H,6-7,23H2,1-5H3/b33-21+/t35-/m1/s1. The number of carbonyl (C=O) groups is 1. The number of benzene rings is 4. The fourth-order valence-electron chi connectivity index (χ4n) is 6.05. The first-order chi connectivity index (χ1) is 22.9. The highest BCUT2D eigenvalue weighted by atomic mass is 32.1.